The average molecular weight is 578 g/mol. The van der Waals surface area contributed by atoms with E-state index in [2.05, 4.69) is 144 Å². The van der Waals surface area contributed by atoms with E-state index >= 15 is 0 Å². The van der Waals surface area contributed by atoms with Crippen LogP contribution < -0.4 is 0 Å². The second-order valence-corrected chi connectivity index (χ2v) is 12.5. The molecule has 44 heavy (non-hydrogen) atoms. The first-order valence-electron chi connectivity index (χ1n) is 14.8. The molecular formula is C40H23N3S. The number of benzene rings is 7. The molecule has 0 atom stereocenters. The van der Waals surface area contributed by atoms with E-state index in [0.717, 1.165) is 38.5 Å². The van der Waals surface area contributed by atoms with E-state index in [9.17, 15) is 0 Å². The summed E-state index contributed by atoms with van der Waals surface area (Å²) in [6, 6.07) is 50.0. The molecule has 0 amide bonds. The summed E-state index contributed by atoms with van der Waals surface area (Å²) in [4.78, 5) is 10.8. The van der Waals surface area contributed by atoms with Gasteiger partial charge >= 0.3 is 0 Å². The minimum absolute atomic E-state index is 0.734. The molecule has 4 heteroatoms. The molecule has 3 heterocycles. The first-order valence-corrected chi connectivity index (χ1v) is 15.7. The van der Waals surface area contributed by atoms with Gasteiger partial charge in [0.05, 0.1) is 21.3 Å². The zero-order valence-electron chi connectivity index (χ0n) is 23.5. The van der Waals surface area contributed by atoms with Crippen LogP contribution in [0.5, 0.6) is 0 Å². The molecule has 0 spiro atoms. The highest BCUT2D eigenvalue weighted by Crippen LogP contribution is 2.43. The van der Waals surface area contributed by atoms with Crippen LogP contribution in [-0.2, 0) is 0 Å². The summed E-state index contributed by atoms with van der Waals surface area (Å²) in [5.41, 5.74) is 4.30. The summed E-state index contributed by atoms with van der Waals surface area (Å²) in [5.74, 6) is 1.66. The van der Waals surface area contributed by atoms with Crippen LogP contribution in [0, 0.1) is 0 Å². The van der Waals surface area contributed by atoms with Crippen molar-refractivity contribution in [1.29, 1.82) is 0 Å². The van der Waals surface area contributed by atoms with E-state index in [1.807, 2.05) is 0 Å². The lowest BCUT2D eigenvalue weighted by Gasteiger charge is -2.11. The number of nitrogens with zero attached hydrogens (tertiary/aromatic N) is 3. The molecule has 0 aliphatic carbocycles. The molecule has 10 rings (SSSR count). The fraction of sp³-hybridized carbons (Fsp3) is 0. The van der Waals surface area contributed by atoms with Gasteiger partial charge in [-0.2, -0.15) is 0 Å². The van der Waals surface area contributed by atoms with Gasteiger partial charge in [0, 0.05) is 26.4 Å². The average Bonchev–Trinajstić information content (AvgIpc) is 3.62. The molecule has 0 saturated carbocycles. The molecule has 10 aromatic rings. The lowest BCUT2D eigenvalue weighted by molar-refractivity contribution is 1.08. The van der Waals surface area contributed by atoms with Crippen LogP contribution in [0.4, 0.5) is 0 Å². The monoisotopic (exact) mass is 577 g/mol. The van der Waals surface area contributed by atoms with Crippen LogP contribution in [-0.4, -0.2) is 14.5 Å². The Bertz CT molecular complexity index is 2790. The molecule has 0 aliphatic heterocycles. The van der Waals surface area contributed by atoms with E-state index in [0.29, 0.717) is 0 Å². The Morgan fingerprint density at radius 3 is 1.93 bits per heavy atom. The van der Waals surface area contributed by atoms with Crippen molar-refractivity contribution in [2.24, 2.45) is 0 Å². The lowest BCUT2D eigenvalue weighted by Crippen LogP contribution is -2.01. The Balaban J connectivity index is 1.38. The number of hydrogen-bond acceptors (Lipinski definition) is 3. The van der Waals surface area contributed by atoms with Crippen molar-refractivity contribution in [2.45, 2.75) is 0 Å². The van der Waals surface area contributed by atoms with Gasteiger partial charge in [-0.25, -0.2) is 9.97 Å². The smallest absolute Gasteiger partial charge is 0.162 e. The van der Waals surface area contributed by atoms with E-state index < -0.39 is 0 Å². The minimum Gasteiger partial charge on any atom is -0.292 e. The normalized spacial score (nSPS) is 12.1. The first kappa shape index (κ1) is 23.9. The summed E-state index contributed by atoms with van der Waals surface area (Å²) in [6.07, 6.45) is 0. The molecule has 0 unspecified atom stereocenters. The molecule has 0 saturated heterocycles. The van der Waals surface area contributed by atoms with Gasteiger partial charge in [-0.1, -0.05) is 115 Å². The van der Waals surface area contributed by atoms with Gasteiger partial charge in [-0.15, -0.1) is 11.3 Å². The Morgan fingerprint density at radius 1 is 0.432 bits per heavy atom. The third kappa shape index (κ3) is 3.37. The summed E-state index contributed by atoms with van der Waals surface area (Å²) in [7, 11) is 0. The van der Waals surface area contributed by atoms with Gasteiger partial charge < -0.3 is 0 Å². The van der Waals surface area contributed by atoms with Crippen LogP contribution in [0.2, 0.25) is 0 Å². The number of thiophene rings is 1. The second kappa shape index (κ2) is 8.96. The van der Waals surface area contributed by atoms with E-state index in [1.54, 1.807) is 11.3 Å². The van der Waals surface area contributed by atoms with Crippen molar-refractivity contribution in [3.05, 3.63) is 140 Å². The van der Waals surface area contributed by atoms with Gasteiger partial charge in [-0.05, 0) is 56.6 Å². The highest BCUT2D eigenvalue weighted by atomic mass is 32.1. The SMILES string of the molecule is c1ccc2cc(-c3nc(-n4c5ccccc5c5cc6ccccc6cc54)c4sc5c6ccccc6ccc5c4n3)ccc2c1. The highest BCUT2D eigenvalue weighted by Gasteiger charge is 2.21. The zero-order chi connectivity index (χ0) is 28.8. The quantitative estimate of drug-likeness (QED) is 0.205. The van der Waals surface area contributed by atoms with Gasteiger partial charge in [0.1, 0.15) is 0 Å². The maximum Gasteiger partial charge on any atom is 0.162 e. The van der Waals surface area contributed by atoms with Gasteiger partial charge in [0.15, 0.2) is 11.6 Å². The molecule has 0 fully saturated rings. The van der Waals surface area contributed by atoms with Crippen molar-refractivity contribution in [2.75, 3.05) is 0 Å². The number of hydrogen-bond donors (Lipinski definition) is 0. The topological polar surface area (TPSA) is 30.7 Å². The van der Waals surface area contributed by atoms with Crippen LogP contribution >= 0.6 is 11.3 Å². The molecule has 7 aromatic carbocycles. The summed E-state index contributed by atoms with van der Waals surface area (Å²) >= 11 is 1.80. The maximum absolute atomic E-state index is 5.44. The van der Waals surface area contributed by atoms with Crippen LogP contribution in [0.3, 0.4) is 0 Å². The van der Waals surface area contributed by atoms with Crippen LogP contribution in [0.25, 0.3) is 91.6 Å². The molecule has 0 N–H and O–H groups in total. The zero-order valence-corrected chi connectivity index (χ0v) is 24.3. The Morgan fingerprint density at radius 2 is 1.09 bits per heavy atom. The number of para-hydroxylation sites is 1. The molecule has 0 radical (unpaired) electrons. The molecule has 3 aromatic heterocycles. The van der Waals surface area contributed by atoms with Crippen molar-refractivity contribution < 1.29 is 0 Å². The van der Waals surface area contributed by atoms with Crippen LogP contribution in [0.15, 0.2) is 140 Å². The van der Waals surface area contributed by atoms with Gasteiger partial charge in [0.25, 0.3) is 0 Å². The first-order chi connectivity index (χ1) is 21.8. The lowest BCUT2D eigenvalue weighted by atomic mass is 10.1. The number of fused-ring (bicyclic) bond motifs is 10. The Hall–Kier alpha value is -5.58. The predicted octanol–water partition coefficient (Wildman–Crippen LogP) is 11.1. The third-order valence-corrected chi connectivity index (χ3v) is 10.2. The largest absolute Gasteiger partial charge is 0.292 e. The fourth-order valence-corrected chi connectivity index (χ4v) is 8.10. The van der Waals surface area contributed by atoms with Crippen molar-refractivity contribution >= 4 is 85.8 Å². The summed E-state index contributed by atoms with van der Waals surface area (Å²) in [5, 5.41) is 10.9. The maximum atomic E-state index is 5.44. The van der Waals surface area contributed by atoms with Crippen LogP contribution in [0.1, 0.15) is 0 Å². The van der Waals surface area contributed by atoms with Crippen molar-refractivity contribution in [3.63, 3.8) is 0 Å². The third-order valence-electron chi connectivity index (χ3n) is 8.95. The van der Waals surface area contributed by atoms with Gasteiger partial charge in [0.2, 0.25) is 0 Å². The second-order valence-electron chi connectivity index (χ2n) is 11.4. The predicted molar refractivity (Wildman–Crippen MR) is 187 cm³/mol. The number of rotatable bonds is 2. The van der Waals surface area contributed by atoms with Crippen molar-refractivity contribution in [3.8, 4) is 17.2 Å². The summed E-state index contributed by atoms with van der Waals surface area (Å²) in [6.45, 7) is 0. The molecule has 0 aliphatic rings. The van der Waals surface area contributed by atoms with E-state index in [4.69, 9.17) is 9.97 Å². The van der Waals surface area contributed by atoms with Crippen molar-refractivity contribution in [1.82, 2.24) is 14.5 Å². The van der Waals surface area contributed by atoms with Gasteiger partial charge in [-0.3, -0.25) is 4.57 Å². The van der Waals surface area contributed by atoms with E-state index in [1.165, 1.54) is 53.2 Å². The molecular weight excluding hydrogens is 555 g/mol. The standard InChI is InChI=1S/C40H23N3S/c1-2-11-26-21-29(18-17-24(26)9-1)39-41-36-32-20-19-25-10-5-6-14-30(25)37(32)44-38(36)40(42-39)43-34-16-8-7-15-31(34)33-22-27-12-3-4-13-28(27)23-35(33)43/h1-23H. The number of aromatic nitrogens is 3. The molecule has 204 valence electrons. The fourth-order valence-electron chi connectivity index (χ4n) is 6.85. The summed E-state index contributed by atoms with van der Waals surface area (Å²) < 4.78 is 4.70. The molecule has 0 bridgehead atoms. The minimum atomic E-state index is 0.734. The Labute approximate surface area is 256 Å². The van der Waals surface area contributed by atoms with E-state index in [-0.39, 0.29) is 0 Å². The Kier molecular flexibility index (Phi) is 4.87. The highest BCUT2D eigenvalue weighted by molar-refractivity contribution is 7.27. The molecule has 3 nitrogen and oxygen atoms in total.